The molecule has 2 aliphatic heterocycles. The molecule has 0 amide bonds. The third-order valence-corrected chi connectivity index (χ3v) is 1.86. The molecule has 5 nitrogen and oxygen atoms in total. The zero-order valence-corrected chi connectivity index (χ0v) is 10.2. The van der Waals surface area contributed by atoms with Gasteiger partial charge in [-0.05, 0) is 13.0 Å². The minimum atomic E-state index is 0.778. The van der Waals surface area contributed by atoms with Crippen molar-refractivity contribution in [2.24, 2.45) is 15.7 Å². The summed E-state index contributed by atoms with van der Waals surface area (Å²) in [6.45, 7) is 6.64. The molecule has 0 aliphatic carbocycles. The van der Waals surface area contributed by atoms with Gasteiger partial charge in [0.25, 0.3) is 0 Å². The molecule has 2 heterocycles. The van der Waals surface area contributed by atoms with Gasteiger partial charge in [-0.25, -0.2) is 0 Å². The Labute approximate surface area is 98.2 Å². The van der Waals surface area contributed by atoms with Crippen LogP contribution in [0.3, 0.4) is 0 Å². The van der Waals surface area contributed by atoms with Gasteiger partial charge in [-0.3, -0.25) is 9.98 Å². The summed E-state index contributed by atoms with van der Waals surface area (Å²) in [5, 5.41) is 2.93. The van der Waals surface area contributed by atoms with Crippen molar-refractivity contribution in [1.82, 2.24) is 5.32 Å². The molecule has 2 aliphatic rings. The molecule has 0 atom stereocenters. The second-order valence-electron chi connectivity index (χ2n) is 3.37. The van der Waals surface area contributed by atoms with Gasteiger partial charge >= 0.3 is 0 Å². The summed E-state index contributed by atoms with van der Waals surface area (Å²) in [7, 11) is 0. The summed E-state index contributed by atoms with van der Waals surface area (Å²) >= 11 is 0. The highest BCUT2D eigenvalue weighted by atomic mass is 16.5. The molecule has 0 spiro atoms. The van der Waals surface area contributed by atoms with Gasteiger partial charge < -0.3 is 15.8 Å². The van der Waals surface area contributed by atoms with E-state index in [1.54, 1.807) is 6.34 Å². The van der Waals surface area contributed by atoms with Gasteiger partial charge in [-0.15, -0.1) is 0 Å². The van der Waals surface area contributed by atoms with E-state index in [0.717, 1.165) is 32.8 Å². The average molecular weight is 228 g/mol. The Hall–Kier alpha value is -1.10. The first-order chi connectivity index (χ1) is 7.91. The maximum absolute atomic E-state index is 5.21. The first-order valence-corrected chi connectivity index (χ1v) is 5.93. The molecule has 0 saturated carbocycles. The van der Waals surface area contributed by atoms with E-state index in [4.69, 9.17) is 5.73 Å². The number of hydrogen-bond donors (Lipinski definition) is 2. The second kappa shape index (κ2) is 13.9. The van der Waals surface area contributed by atoms with Crippen LogP contribution in [0.2, 0.25) is 0 Å². The molecule has 2 rings (SSSR count). The van der Waals surface area contributed by atoms with E-state index in [1.165, 1.54) is 25.7 Å². The second-order valence-corrected chi connectivity index (χ2v) is 3.37. The summed E-state index contributed by atoms with van der Waals surface area (Å²) in [5.41, 5.74) is 5.21. The van der Waals surface area contributed by atoms with Crippen molar-refractivity contribution >= 4 is 12.7 Å². The first kappa shape index (κ1) is 14.9. The van der Waals surface area contributed by atoms with Crippen LogP contribution in [-0.2, 0) is 4.74 Å². The summed E-state index contributed by atoms with van der Waals surface area (Å²) in [4.78, 5) is 7.58. The van der Waals surface area contributed by atoms with Gasteiger partial charge in [0, 0.05) is 6.54 Å². The van der Waals surface area contributed by atoms with Crippen molar-refractivity contribution in [2.75, 3.05) is 32.8 Å². The summed E-state index contributed by atoms with van der Waals surface area (Å²) in [5.74, 6) is 0. The van der Waals surface area contributed by atoms with Crippen molar-refractivity contribution in [3.8, 4) is 0 Å². The van der Waals surface area contributed by atoms with Crippen LogP contribution in [-0.4, -0.2) is 45.5 Å². The maximum Gasteiger partial charge on any atom is 0.169 e. The lowest BCUT2D eigenvalue weighted by Crippen LogP contribution is -2.04. The molecule has 0 aromatic carbocycles. The Kier molecular flexibility index (Phi) is 12.9. The van der Waals surface area contributed by atoms with Crippen LogP contribution in [0.15, 0.2) is 9.98 Å². The van der Waals surface area contributed by atoms with E-state index < -0.39 is 0 Å². The molecule has 0 saturated heterocycles. The predicted molar refractivity (Wildman–Crippen MR) is 69.3 cm³/mol. The van der Waals surface area contributed by atoms with Gasteiger partial charge in [0.2, 0.25) is 0 Å². The van der Waals surface area contributed by atoms with Gasteiger partial charge in [-0.2, -0.15) is 0 Å². The topological polar surface area (TPSA) is 72.0 Å². The molecule has 3 N–H and O–H groups in total. The molecule has 94 valence electrons. The molecule has 0 unspecified atom stereocenters. The largest absolute Gasteiger partial charge is 0.482 e. The highest BCUT2D eigenvalue weighted by Gasteiger charge is 1.84. The van der Waals surface area contributed by atoms with Gasteiger partial charge in [-0.1, -0.05) is 19.8 Å². The van der Waals surface area contributed by atoms with Crippen molar-refractivity contribution < 1.29 is 4.74 Å². The molecule has 0 radical (unpaired) electrons. The van der Waals surface area contributed by atoms with Crippen LogP contribution < -0.4 is 11.1 Å². The van der Waals surface area contributed by atoms with Crippen LogP contribution in [0.1, 0.15) is 26.2 Å². The third-order valence-electron chi connectivity index (χ3n) is 1.86. The standard InChI is InChI=1S/C5H13N.C3H6N2.C3H5NO/c1-2-3-4-5-6;2*1-2-5-3-4-1/h2-6H2,1H3;3H,1-2H2,(H,4,5);3H,1-2H2. The van der Waals surface area contributed by atoms with E-state index in [-0.39, 0.29) is 0 Å². The van der Waals surface area contributed by atoms with Crippen molar-refractivity contribution in [2.45, 2.75) is 26.2 Å². The molecule has 5 heteroatoms. The van der Waals surface area contributed by atoms with Crippen LogP contribution in [0.5, 0.6) is 0 Å². The number of rotatable bonds is 3. The van der Waals surface area contributed by atoms with E-state index in [2.05, 4.69) is 27.0 Å². The molecular weight excluding hydrogens is 204 g/mol. The zero-order valence-electron chi connectivity index (χ0n) is 10.2. The summed E-state index contributed by atoms with van der Waals surface area (Å²) < 4.78 is 4.65. The summed E-state index contributed by atoms with van der Waals surface area (Å²) in [6.07, 6.45) is 6.98. The predicted octanol–water partition coefficient (Wildman–Crippen LogP) is 0.798. The lowest BCUT2D eigenvalue weighted by Gasteiger charge is -1.86. The maximum atomic E-state index is 5.21. The Morgan fingerprint density at radius 1 is 1.31 bits per heavy atom. The number of nitrogens with one attached hydrogen (secondary N) is 1. The number of ether oxygens (including phenoxy) is 1. The number of hydrogen-bond acceptors (Lipinski definition) is 5. The van der Waals surface area contributed by atoms with Gasteiger partial charge in [0.15, 0.2) is 6.40 Å². The Balaban J connectivity index is 0.000000211. The number of nitrogens with zero attached hydrogens (tertiary/aromatic N) is 2. The first-order valence-electron chi connectivity index (χ1n) is 5.93. The van der Waals surface area contributed by atoms with E-state index in [9.17, 15) is 0 Å². The van der Waals surface area contributed by atoms with Crippen molar-refractivity contribution in [1.29, 1.82) is 0 Å². The highest BCUT2D eigenvalue weighted by Crippen LogP contribution is 1.88. The molecule has 0 aromatic heterocycles. The van der Waals surface area contributed by atoms with Crippen LogP contribution in [0.4, 0.5) is 0 Å². The monoisotopic (exact) mass is 228 g/mol. The van der Waals surface area contributed by atoms with Crippen LogP contribution >= 0.6 is 0 Å². The average Bonchev–Trinajstić information content (AvgIpc) is 3.00. The number of nitrogens with two attached hydrogens (primary N) is 1. The van der Waals surface area contributed by atoms with E-state index in [1.807, 2.05) is 0 Å². The Morgan fingerprint density at radius 2 is 2.19 bits per heavy atom. The lowest BCUT2D eigenvalue weighted by molar-refractivity contribution is 0.361. The number of unbranched alkanes of at least 4 members (excludes halogenated alkanes) is 2. The van der Waals surface area contributed by atoms with E-state index in [0.29, 0.717) is 0 Å². The minimum Gasteiger partial charge on any atom is -0.482 e. The quantitative estimate of drug-likeness (QED) is 0.702. The zero-order chi connectivity index (χ0) is 11.9. The lowest BCUT2D eigenvalue weighted by atomic mass is 10.3. The molecule has 0 bridgehead atoms. The fourth-order valence-electron chi connectivity index (χ4n) is 0.981. The fraction of sp³-hybridized carbons (Fsp3) is 0.818. The van der Waals surface area contributed by atoms with Crippen LogP contribution in [0, 0.1) is 0 Å². The summed E-state index contributed by atoms with van der Waals surface area (Å²) in [6, 6.07) is 0. The molecule has 16 heavy (non-hydrogen) atoms. The molecule has 0 fully saturated rings. The SMILES string of the molecule is C1=NCCN1.C1=NCCO1.CCCCCN. The van der Waals surface area contributed by atoms with Gasteiger partial charge in [0.1, 0.15) is 6.61 Å². The Morgan fingerprint density at radius 3 is 2.38 bits per heavy atom. The normalized spacial score (nSPS) is 15.4. The molecular formula is C11H24N4O. The fourth-order valence-corrected chi connectivity index (χ4v) is 0.981. The molecule has 0 aromatic rings. The Bertz CT molecular complexity index is 151. The van der Waals surface area contributed by atoms with Crippen molar-refractivity contribution in [3.63, 3.8) is 0 Å². The van der Waals surface area contributed by atoms with Crippen molar-refractivity contribution in [3.05, 3.63) is 0 Å². The third kappa shape index (κ3) is 12.9. The van der Waals surface area contributed by atoms with Crippen LogP contribution in [0.25, 0.3) is 0 Å². The highest BCUT2D eigenvalue weighted by molar-refractivity contribution is 5.56. The smallest absolute Gasteiger partial charge is 0.169 e. The van der Waals surface area contributed by atoms with E-state index >= 15 is 0 Å². The minimum absolute atomic E-state index is 0.778. The van der Waals surface area contributed by atoms with Gasteiger partial charge in [0.05, 0.1) is 19.4 Å². The number of aliphatic imine (C=N–C) groups is 2.